The van der Waals surface area contributed by atoms with Gasteiger partial charge in [-0.2, -0.15) is 0 Å². The molecule has 1 heterocycles. The van der Waals surface area contributed by atoms with E-state index < -0.39 is 58.7 Å². The SMILES string of the molecule is CN(C)[C@H]1C(O)C(C(N)=O)C(=O)[C@]2(O)C(=O)C3=C(O)c4c(O)c(CNCC(C)(C)C)cc(-c5ccccn5)c4C[C@@H]3C[C@H]12. The predicted molar refractivity (Wildman–Crippen MR) is 158 cm³/mol. The van der Waals surface area contributed by atoms with Crippen LogP contribution in [-0.4, -0.2) is 86.2 Å². The average molecular weight is 593 g/mol. The van der Waals surface area contributed by atoms with Crippen molar-refractivity contribution < 1.29 is 34.8 Å². The lowest BCUT2D eigenvalue weighted by atomic mass is 9.54. The van der Waals surface area contributed by atoms with Crippen LogP contribution in [0.5, 0.6) is 5.75 Å². The third-order valence-electron chi connectivity index (χ3n) is 9.08. The second-order valence-electron chi connectivity index (χ2n) is 13.5. The number of aromatic nitrogens is 1. The van der Waals surface area contributed by atoms with Gasteiger partial charge < -0.3 is 36.4 Å². The van der Waals surface area contributed by atoms with Gasteiger partial charge in [0.2, 0.25) is 11.7 Å². The maximum atomic E-state index is 14.2. The number of carbonyl (C=O) groups is 3. The first-order valence-corrected chi connectivity index (χ1v) is 14.5. The summed E-state index contributed by atoms with van der Waals surface area (Å²) in [5.74, 6) is -7.64. The number of aliphatic hydroxyl groups excluding tert-OH is 2. The van der Waals surface area contributed by atoms with E-state index in [2.05, 4.69) is 31.1 Å². The number of fused-ring (bicyclic) bond motifs is 3. The van der Waals surface area contributed by atoms with Crippen molar-refractivity contribution in [3.63, 3.8) is 0 Å². The third kappa shape index (κ3) is 4.94. The van der Waals surface area contributed by atoms with E-state index in [1.165, 1.54) is 0 Å². The number of ketones is 2. The average Bonchev–Trinajstić information content (AvgIpc) is 2.91. The summed E-state index contributed by atoms with van der Waals surface area (Å²) < 4.78 is 0. The molecule has 5 rings (SSSR count). The van der Waals surface area contributed by atoms with Crippen molar-refractivity contribution in [3.8, 4) is 17.0 Å². The highest BCUT2D eigenvalue weighted by atomic mass is 16.3. The van der Waals surface area contributed by atoms with Crippen LogP contribution >= 0.6 is 0 Å². The highest BCUT2D eigenvalue weighted by Gasteiger charge is 2.67. The molecule has 0 saturated heterocycles. The molecule has 3 aliphatic rings. The number of Topliss-reactive ketones (excluding diaryl/α,β-unsaturated/α-hetero) is 2. The number of hydrogen-bond donors (Lipinski definition) is 6. The molecule has 3 aliphatic carbocycles. The van der Waals surface area contributed by atoms with Crippen molar-refractivity contribution >= 4 is 23.2 Å². The minimum absolute atomic E-state index is 0.0290. The number of hydrogen-bond acceptors (Lipinski definition) is 10. The van der Waals surface area contributed by atoms with Crippen molar-refractivity contribution in [2.24, 2.45) is 28.9 Å². The Kier molecular flexibility index (Phi) is 7.75. The largest absolute Gasteiger partial charge is 0.507 e. The molecule has 0 aliphatic heterocycles. The highest BCUT2D eigenvalue weighted by Crippen LogP contribution is 2.53. The van der Waals surface area contributed by atoms with E-state index in [-0.39, 0.29) is 41.7 Å². The molecule has 2 unspecified atom stereocenters. The number of pyridine rings is 1. The molecule has 0 bridgehead atoms. The van der Waals surface area contributed by atoms with Gasteiger partial charge in [0.15, 0.2) is 11.4 Å². The van der Waals surface area contributed by atoms with Gasteiger partial charge >= 0.3 is 0 Å². The molecule has 1 aromatic heterocycles. The second kappa shape index (κ2) is 10.8. The third-order valence-corrected chi connectivity index (χ3v) is 9.08. The molecule has 2 fully saturated rings. The van der Waals surface area contributed by atoms with Crippen LogP contribution in [-0.2, 0) is 27.3 Å². The first kappa shape index (κ1) is 30.8. The first-order valence-electron chi connectivity index (χ1n) is 14.5. The summed E-state index contributed by atoms with van der Waals surface area (Å²) in [6.45, 7) is 7.13. The van der Waals surface area contributed by atoms with E-state index >= 15 is 0 Å². The van der Waals surface area contributed by atoms with E-state index in [0.29, 0.717) is 28.9 Å². The maximum Gasteiger partial charge on any atom is 0.230 e. The Labute approximate surface area is 250 Å². The fourth-order valence-electron chi connectivity index (χ4n) is 7.19. The summed E-state index contributed by atoms with van der Waals surface area (Å²) in [5, 5.41) is 49.5. The molecular formula is C32H40N4O7. The zero-order valence-corrected chi connectivity index (χ0v) is 25.1. The lowest BCUT2D eigenvalue weighted by molar-refractivity contribution is -0.184. The summed E-state index contributed by atoms with van der Waals surface area (Å²) in [6, 6.07) is 6.32. The van der Waals surface area contributed by atoms with Crippen molar-refractivity contribution in [3.05, 3.63) is 52.7 Å². The molecule has 0 spiro atoms. The number of phenols is 1. The normalized spacial score (nSPS) is 28.9. The Hall–Kier alpha value is -3.64. The molecule has 43 heavy (non-hydrogen) atoms. The highest BCUT2D eigenvalue weighted by molar-refractivity contribution is 6.25. The summed E-state index contributed by atoms with van der Waals surface area (Å²) in [6.07, 6.45) is 0.359. The molecule has 0 radical (unpaired) electrons. The molecule has 11 heteroatoms. The number of primary amides is 1. The van der Waals surface area contributed by atoms with Gasteiger partial charge in [-0.3, -0.25) is 19.4 Å². The topological polar surface area (TPSA) is 186 Å². The van der Waals surface area contributed by atoms with Gasteiger partial charge in [-0.25, -0.2) is 0 Å². The van der Waals surface area contributed by atoms with Crippen LogP contribution in [0.25, 0.3) is 17.0 Å². The summed E-state index contributed by atoms with van der Waals surface area (Å²) in [5.41, 5.74) is 4.97. The van der Waals surface area contributed by atoms with E-state index in [1.54, 1.807) is 31.3 Å². The van der Waals surface area contributed by atoms with Gasteiger partial charge in [-0.1, -0.05) is 26.8 Å². The number of amides is 1. The minimum Gasteiger partial charge on any atom is -0.507 e. The Morgan fingerprint density at radius 3 is 2.49 bits per heavy atom. The van der Waals surface area contributed by atoms with Gasteiger partial charge in [0.05, 0.1) is 17.4 Å². The number of nitrogens with zero attached hydrogens (tertiary/aromatic N) is 2. The van der Waals surface area contributed by atoms with Gasteiger partial charge in [0.25, 0.3) is 0 Å². The number of benzene rings is 1. The van der Waals surface area contributed by atoms with Crippen molar-refractivity contribution in [1.82, 2.24) is 15.2 Å². The minimum atomic E-state index is -2.70. The van der Waals surface area contributed by atoms with Crippen molar-refractivity contribution in [2.45, 2.75) is 57.9 Å². The Morgan fingerprint density at radius 2 is 1.91 bits per heavy atom. The molecule has 11 nitrogen and oxygen atoms in total. The van der Waals surface area contributed by atoms with Crippen LogP contribution in [0.3, 0.4) is 0 Å². The molecule has 7 N–H and O–H groups in total. The summed E-state index contributed by atoms with van der Waals surface area (Å²) in [7, 11) is 3.25. The Morgan fingerprint density at radius 1 is 1.21 bits per heavy atom. The number of aliphatic hydroxyl groups is 3. The van der Waals surface area contributed by atoms with Crippen LogP contribution < -0.4 is 11.1 Å². The van der Waals surface area contributed by atoms with E-state index in [9.17, 15) is 34.8 Å². The van der Waals surface area contributed by atoms with E-state index in [4.69, 9.17) is 5.73 Å². The van der Waals surface area contributed by atoms with Crippen LogP contribution in [0.1, 0.15) is 43.9 Å². The molecule has 6 atom stereocenters. The Bertz CT molecular complexity index is 1510. The molecule has 1 aromatic carbocycles. The molecule has 1 amide bonds. The second-order valence-corrected chi connectivity index (χ2v) is 13.5. The number of phenolic OH excluding ortho intramolecular Hbond substituents is 1. The van der Waals surface area contributed by atoms with Gasteiger partial charge in [-0.15, -0.1) is 0 Å². The molecule has 230 valence electrons. The van der Waals surface area contributed by atoms with Crippen LogP contribution in [0.15, 0.2) is 36.0 Å². The van der Waals surface area contributed by atoms with E-state index in [1.807, 2.05) is 18.2 Å². The lowest BCUT2D eigenvalue weighted by Crippen LogP contribution is -2.73. The van der Waals surface area contributed by atoms with Gasteiger partial charge in [0, 0.05) is 47.9 Å². The summed E-state index contributed by atoms with van der Waals surface area (Å²) in [4.78, 5) is 46.1. The van der Waals surface area contributed by atoms with Crippen LogP contribution in [0.4, 0.5) is 0 Å². The van der Waals surface area contributed by atoms with E-state index in [0.717, 1.165) is 0 Å². The Balaban J connectivity index is 1.69. The monoisotopic (exact) mass is 592 g/mol. The zero-order valence-electron chi connectivity index (χ0n) is 25.1. The van der Waals surface area contributed by atoms with Crippen LogP contribution in [0.2, 0.25) is 0 Å². The zero-order chi connectivity index (χ0) is 31.6. The van der Waals surface area contributed by atoms with Gasteiger partial charge in [-0.05, 0) is 62.0 Å². The van der Waals surface area contributed by atoms with Crippen molar-refractivity contribution in [2.75, 3.05) is 20.6 Å². The summed E-state index contributed by atoms with van der Waals surface area (Å²) >= 11 is 0. The maximum absolute atomic E-state index is 14.2. The predicted octanol–water partition coefficient (Wildman–Crippen LogP) is 1.33. The van der Waals surface area contributed by atoms with Crippen molar-refractivity contribution in [1.29, 1.82) is 0 Å². The number of nitrogens with one attached hydrogen (secondary N) is 1. The van der Waals surface area contributed by atoms with Gasteiger partial charge in [0.1, 0.15) is 17.4 Å². The molecule has 2 aromatic rings. The van der Waals surface area contributed by atoms with Crippen LogP contribution in [0, 0.1) is 23.2 Å². The molecule has 2 saturated carbocycles. The fraction of sp³-hybridized carbons (Fsp3) is 0.500. The number of nitrogens with two attached hydrogens (primary N) is 1. The number of aromatic hydroxyl groups is 1. The number of carbonyl (C=O) groups excluding carboxylic acids is 3. The molecular weight excluding hydrogens is 552 g/mol. The fourth-order valence-corrected chi connectivity index (χ4v) is 7.19. The smallest absolute Gasteiger partial charge is 0.230 e. The number of rotatable bonds is 6. The number of likely N-dealkylation sites (N-methyl/N-ethyl adjacent to an activating group) is 1. The lowest BCUT2D eigenvalue weighted by Gasteiger charge is -2.53. The quantitative estimate of drug-likeness (QED) is 0.267. The standard InChI is InChI=1S/C32H40N4O7/c1-31(2,3)14-34-13-16-11-17(20-8-6-7-9-35-20)18-10-15-12-19-24(36(4)5)27(39)23(30(33)42)29(41)32(19,43)28(40)21(15)26(38)22(18)25(16)37/h6-9,11,15,19,23-24,27,34,37-39,43H,10,12-14H2,1-5H3,(H2,33,42)/t15-,19-,23?,24-,27?,32-/m1/s1. The first-order chi connectivity index (χ1) is 20.1.